The van der Waals surface area contributed by atoms with Crippen LogP contribution >= 0.6 is 0 Å². The average Bonchev–Trinajstić information content (AvgIpc) is 2.78. The van der Waals surface area contributed by atoms with E-state index in [0.29, 0.717) is 5.41 Å². The Kier molecular flexibility index (Phi) is 4.31. The summed E-state index contributed by atoms with van der Waals surface area (Å²) in [5, 5.41) is 10.9. The van der Waals surface area contributed by atoms with Gasteiger partial charge in [-0.3, -0.25) is 4.68 Å². The van der Waals surface area contributed by atoms with Crippen molar-refractivity contribution >= 4 is 6.03 Å². The average molecular weight is 359 g/mol. The van der Waals surface area contributed by atoms with Crippen molar-refractivity contribution in [1.29, 1.82) is 0 Å². The number of nitrogens with one attached hydrogen (secondary N) is 2. The Morgan fingerprint density at radius 1 is 1.08 bits per heavy atom. The SMILES string of the molecule is Cc1nn(C)c(C)c1[C@@H](C)NC(=O)N[C@@H](C)C12CC3CC(CC(C3)C1)C2. The summed E-state index contributed by atoms with van der Waals surface area (Å²) in [4.78, 5) is 12.7. The van der Waals surface area contributed by atoms with Crippen molar-refractivity contribution in [2.24, 2.45) is 30.2 Å². The van der Waals surface area contributed by atoms with Crippen LogP contribution in [0.1, 0.15) is 75.4 Å². The molecule has 4 bridgehead atoms. The van der Waals surface area contributed by atoms with Crippen LogP contribution in [0.5, 0.6) is 0 Å². The molecule has 5 heteroatoms. The molecule has 1 heterocycles. The summed E-state index contributed by atoms with van der Waals surface area (Å²) in [7, 11) is 1.95. The lowest BCUT2D eigenvalue weighted by Crippen LogP contribution is -2.57. The van der Waals surface area contributed by atoms with Gasteiger partial charge < -0.3 is 10.6 Å². The second kappa shape index (κ2) is 6.28. The van der Waals surface area contributed by atoms with Gasteiger partial charge in [0.1, 0.15) is 0 Å². The minimum Gasteiger partial charge on any atom is -0.335 e. The molecule has 144 valence electrons. The molecule has 0 saturated heterocycles. The third-order valence-electron chi connectivity index (χ3n) is 7.70. The maximum atomic E-state index is 12.7. The summed E-state index contributed by atoms with van der Waals surface area (Å²) < 4.78 is 1.89. The predicted molar refractivity (Wildman–Crippen MR) is 103 cm³/mol. The van der Waals surface area contributed by atoms with Crippen molar-refractivity contribution in [1.82, 2.24) is 20.4 Å². The molecule has 0 unspecified atom stereocenters. The molecular formula is C21H34N4O. The first kappa shape index (κ1) is 17.9. The smallest absolute Gasteiger partial charge is 0.315 e. The summed E-state index contributed by atoms with van der Waals surface area (Å²) in [5.41, 5.74) is 3.58. The summed E-state index contributed by atoms with van der Waals surface area (Å²) in [6.07, 6.45) is 8.27. The predicted octanol–water partition coefficient (Wildman–Crippen LogP) is 4.00. The second-order valence-electron chi connectivity index (χ2n) is 9.55. The van der Waals surface area contributed by atoms with E-state index in [1.807, 2.05) is 25.6 Å². The van der Waals surface area contributed by atoms with Crippen molar-refractivity contribution in [2.45, 2.75) is 78.3 Å². The van der Waals surface area contributed by atoms with Crippen LogP contribution in [0.15, 0.2) is 0 Å². The Balaban J connectivity index is 1.40. The number of amides is 2. The lowest BCUT2D eigenvalue weighted by atomic mass is 9.48. The molecule has 0 spiro atoms. The van der Waals surface area contributed by atoms with Crippen LogP contribution in [0.2, 0.25) is 0 Å². The summed E-state index contributed by atoms with van der Waals surface area (Å²) in [6, 6.07) is 0.176. The highest BCUT2D eigenvalue weighted by Crippen LogP contribution is 2.61. The Morgan fingerprint density at radius 2 is 1.62 bits per heavy atom. The number of carbonyl (C=O) groups is 1. The zero-order chi connectivity index (χ0) is 18.6. The van der Waals surface area contributed by atoms with E-state index in [-0.39, 0.29) is 18.1 Å². The molecule has 0 radical (unpaired) electrons. The molecule has 4 saturated carbocycles. The molecule has 2 amide bonds. The van der Waals surface area contributed by atoms with Gasteiger partial charge in [0, 0.05) is 24.3 Å². The molecule has 26 heavy (non-hydrogen) atoms. The van der Waals surface area contributed by atoms with E-state index in [1.165, 1.54) is 38.5 Å². The Morgan fingerprint density at radius 3 is 2.08 bits per heavy atom. The maximum Gasteiger partial charge on any atom is 0.315 e. The number of nitrogens with zero attached hydrogens (tertiary/aromatic N) is 2. The van der Waals surface area contributed by atoms with Gasteiger partial charge in [0.15, 0.2) is 0 Å². The Bertz CT molecular complexity index is 672. The minimum absolute atomic E-state index is 0.0349. The molecule has 1 aromatic heterocycles. The topological polar surface area (TPSA) is 59.0 Å². The summed E-state index contributed by atoms with van der Waals surface area (Å²) >= 11 is 0. The first-order chi connectivity index (χ1) is 12.3. The van der Waals surface area contributed by atoms with Crippen molar-refractivity contribution in [3.63, 3.8) is 0 Å². The minimum atomic E-state index is -0.0385. The molecule has 5 nitrogen and oxygen atoms in total. The zero-order valence-corrected chi connectivity index (χ0v) is 16.9. The molecule has 5 rings (SSSR count). The van der Waals surface area contributed by atoms with Crippen LogP contribution in [0, 0.1) is 37.0 Å². The maximum absolute atomic E-state index is 12.7. The first-order valence-corrected chi connectivity index (χ1v) is 10.3. The lowest BCUT2D eigenvalue weighted by Gasteiger charge is -2.59. The van der Waals surface area contributed by atoms with Crippen LogP contribution in [0.25, 0.3) is 0 Å². The van der Waals surface area contributed by atoms with E-state index >= 15 is 0 Å². The molecule has 0 aromatic carbocycles. The molecule has 2 atom stereocenters. The van der Waals surface area contributed by atoms with Gasteiger partial charge in [0.25, 0.3) is 0 Å². The molecular weight excluding hydrogens is 324 g/mol. The van der Waals surface area contributed by atoms with E-state index in [1.54, 1.807) is 0 Å². The van der Waals surface area contributed by atoms with Gasteiger partial charge in [-0.1, -0.05) is 0 Å². The third-order valence-corrected chi connectivity index (χ3v) is 7.70. The molecule has 0 aliphatic heterocycles. The molecule has 4 aliphatic carbocycles. The standard InChI is InChI=1S/C21H34N4O/c1-12(19-13(2)24-25(5)14(19)3)22-20(26)23-15(4)21-9-16-6-17(10-21)8-18(7-16)11-21/h12,15-18H,6-11H2,1-5H3,(H2,22,23,26)/t12-,15+,16?,17?,18?,21?/m1/s1. The van der Waals surface area contributed by atoms with E-state index < -0.39 is 0 Å². The van der Waals surface area contributed by atoms with Gasteiger partial charge in [-0.2, -0.15) is 5.10 Å². The third kappa shape index (κ3) is 2.93. The van der Waals surface area contributed by atoms with E-state index in [9.17, 15) is 4.79 Å². The quantitative estimate of drug-likeness (QED) is 0.854. The molecule has 4 fully saturated rings. The van der Waals surface area contributed by atoms with Crippen LogP contribution in [-0.2, 0) is 7.05 Å². The largest absolute Gasteiger partial charge is 0.335 e. The van der Waals surface area contributed by atoms with Crippen LogP contribution in [0.3, 0.4) is 0 Å². The number of hydrogen-bond acceptors (Lipinski definition) is 2. The fourth-order valence-corrected chi connectivity index (χ4v) is 6.78. The van der Waals surface area contributed by atoms with Crippen molar-refractivity contribution in [3.8, 4) is 0 Å². The van der Waals surface area contributed by atoms with Gasteiger partial charge >= 0.3 is 6.03 Å². The number of carbonyl (C=O) groups excluding carboxylic acids is 1. The van der Waals surface area contributed by atoms with E-state index in [0.717, 1.165) is 34.7 Å². The second-order valence-corrected chi connectivity index (χ2v) is 9.55. The molecule has 4 aliphatic rings. The first-order valence-electron chi connectivity index (χ1n) is 10.3. The van der Waals surface area contributed by atoms with Crippen molar-refractivity contribution in [2.75, 3.05) is 0 Å². The molecule has 1 aromatic rings. The zero-order valence-electron chi connectivity index (χ0n) is 16.9. The lowest BCUT2D eigenvalue weighted by molar-refractivity contribution is -0.0682. The number of rotatable bonds is 4. The number of hydrogen-bond donors (Lipinski definition) is 2. The Labute approximate surface area is 157 Å². The number of aryl methyl sites for hydroxylation is 2. The highest BCUT2D eigenvalue weighted by atomic mass is 16.2. The fraction of sp³-hybridized carbons (Fsp3) is 0.810. The van der Waals surface area contributed by atoms with Crippen LogP contribution < -0.4 is 10.6 Å². The van der Waals surface area contributed by atoms with Crippen molar-refractivity contribution in [3.05, 3.63) is 17.0 Å². The number of urea groups is 1. The van der Waals surface area contributed by atoms with E-state index in [4.69, 9.17) is 0 Å². The van der Waals surface area contributed by atoms with Crippen LogP contribution in [0.4, 0.5) is 4.79 Å². The molecule has 2 N–H and O–H groups in total. The highest BCUT2D eigenvalue weighted by Gasteiger charge is 2.53. The van der Waals surface area contributed by atoms with E-state index in [2.05, 4.69) is 29.6 Å². The summed E-state index contributed by atoms with van der Waals surface area (Å²) in [6.45, 7) is 8.35. The number of aromatic nitrogens is 2. The monoisotopic (exact) mass is 358 g/mol. The van der Waals surface area contributed by atoms with Gasteiger partial charge in [-0.15, -0.1) is 0 Å². The highest BCUT2D eigenvalue weighted by molar-refractivity contribution is 5.75. The van der Waals surface area contributed by atoms with Gasteiger partial charge in [0.2, 0.25) is 0 Å². The van der Waals surface area contributed by atoms with Crippen molar-refractivity contribution < 1.29 is 4.79 Å². The summed E-state index contributed by atoms with van der Waals surface area (Å²) in [5.74, 6) is 2.73. The van der Waals surface area contributed by atoms with Gasteiger partial charge in [-0.05, 0) is 89.4 Å². The van der Waals surface area contributed by atoms with Gasteiger partial charge in [-0.25, -0.2) is 4.79 Å². The fourth-order valence-electron chi connectivity index (χ4n) is 6.78. The normalized spacial score (nSPS) is 34.6. The Hall–Kier alpha value is -1.52. The van der Waals surface area contributed by atoms with Crippen LogP contribution in [-0.4, -0.2) is 21.9 Å². The van der Waals surface area contributed by atoms with Gasteiger partial charge in [0.05, 0.1) is 11.7 Å².